The molecule has 2 heterocycles. The Kier molecular flexibility index (Phi) is 7.23. The van der Waals surface area contributed by atoms with Crippen LogP contribution < -0.4 is 15.4 Å². The number of nitrogens with one attached hydrogen (secondary N) is 2. The van der Waals surface area contributed by atoms with Crippen LogP contribution in [0.1, 0.15) is 65.7 Å². The van der Waals surface area contributed by atoms with Crippen molar-refractivity contribution in [2.24, 2.45) is 0 Å². The second-order valence-electron chi connectivity index (χ2n) is 9.95. The van der Waals surface area contributed by atoms with Crippen molar-refractivity contribution in [3.05, 3.63) is 59.7 Å². The van der Waals surface area contributed by atoms with Crippen molar-refractivity contribution in [1.29, 1.82) is 0 Å². The first-order chi connectivity index (χ1) is 17.5. The molecule has 0 aromatic heterocycles. The zero-order valence-corrected chi connectivity index (χ0v) is 20.6. The molecule has 2 fully saturated rings. The summed E-state index contributed by atoms with van der Waals surface area (Å²) in [5.41, 5.74) is 1.47. The van der Waals surface area contributed by atoms with Crippen molar-refractivity contribution in [1.82, 2.24) is 10.2 Å². The van der Waals surface area contributed by atoms with Gasteiger partial charge in [-0.3, -0.25) is 14.4 Å². The maximum Gasteiger partial charge on any atom is 0.257 e. The van der Waals surface area contributed by atoms with Gasteiger partial charge >= 0.3 is 0 Å². The Balaban J connectivity index is 1.25. The third-order valence-electron chi connectivity index (χ3n) is 7.44. The summed E-state index contributed by atoms with van der Waals surface area (Å²) < 4.78 is 12.3. The molecular formula is C28H33N3O5. The second kappa shape index (κ2) is 10.7. The van der Waals surface area contributed by atoms with E-state index in [9.17, 15) is 14.4 Å². The quantitative estimate of drug-likeness (QED) is 0.664. The van der Waals surface area contributed by atoms with Crippen LogP contribution in [0.25, 0.3) is 0 Å². The second-order valence-corrected chi connectivity index (χ2v) is 9.95. The van der Waals surface area contributed by atoms with E-state index >= 15 is 0 Å². The van der Waals surface area contributed by atoms with Crippen LogP contribution in [0, 0.1) is 0 Å². The van der Waals surface area contributed by atoms with Crippen molar-refractivity contribution >= 4 is 23.4 Å². The van der Waals surface area contributed by atoms with Gasteiger partial charge in [0.2, 0.25) is 5.91 Å². The number of nitrogens with zero attached hydrogens (tertiary/aromatic N) is 1. The van der Waals surface area contributed by atoms with Gasteiger partial charge in [0.1, 0.15) is 18.5 Å². The summed E-state index contributed by atoms with van der Waals surface area (Å²) in [5, 5.41) is 5.99. The third kappa shape index (κ3) is 5.38. The van der Waals surface area contributed by atoms with Gasteiger partial charge in [0.25, 0.3) is 11.8 Å². The van der Waals surface area contributed by atoms with Gasteiger partial charge in [-0.25, -0.2) is 0 Å². The fourth-order valence-corrected chi connectivity index (χ4v) is 5.46. The summed E-state index contributed by atoms with van der Waals surface area (Å²) >= 11 is 0. The van der Waals surface area contributed by atoms with Crippen LogP contribution in [0.5, 0.6) is 5.75 Å². The summed E-state index contributed by atoms with van der Waals surface area (Å²) in [6.45, 7) is 0.283. The van der Waals surface area contributed by atoms with Crippen molar-refractivity contribution in [2.75, 3.05) is 19.0 Å². The Morgan fingerprint density at radius 2 is 1.81 bits per heavy atom. The SMILES string of the molecule is CN1C(=O)c2cc(NC(=O)c3ccccc3)ccc2OC[C@H]2O[C@@H](CC(=O)NC3CCCC3)CC[C@@H]21. The lowest BCUT2D eigenvalue weighted by atomic mass is 9.94. The Bertz CT molecular complexity index is 1120. The highest BCUT2D eigenvalue weighted by Gasteiger charge is 2.39. The molecule has 1 saturated carbocycles. The highest BCUT2D eigenvalue weighted by atomic mass is 16.5. The molecule has 2 aromatic rings. The molecule has 2 aromatic carbocycles. The number of ether oxygens (including phenoxy) is 2. The number of carbonyl (C=O) groups excluding carboxylic acids is 3. The van der Waals surface area contributed by atoms with Crippen molar-refractivity contribution in [3.8, 4) is 5.75 Å². The first-order valence-electron chi connectivity index (χ1n) is 12.8. The van der Waals surface area contributed by atoms with E-state index in [1.54, 1.807) is 54.4 Å². The van der Waals surface area contributed by atoms with Crippen LogP contribution in [-0.4, -0.2) is 60.6 Å². The maximum absolute atomic E-state index is 13.4. The molecule has 8 nitrogen and oxygen atoms in total. The third-order valence-corrected chi connectivity index (χ3v) is 7.44. The number of carbonyl (C=O) groups is 3. The molecule has 0 unspecified atom stereocenters. The molecule has 2 N–H and O–H groups in total. The number of benzene rings is 2. The Morgan fingerprint density at radius 3 is 2.58 bits per heavy atom. The molecule has 3 amide bonds. The number of anilines is 1. The van der Waals surface area contributed by atoms with E-state index in [-0.39, 0.29) is 42.6 Å². The smallest absolute Gasteiger partial charge is 0.257 e. The number of amides is 3. The minimum absolute atomic E-state index is 0.0389. The molecule has 190 valence electrons. The van der Waals surface area contributed by atoms with Crippen LogP contribution in [0.15, 0.2) is 48.5 Å². The van der Waals surface area contributed by atoms with Gasteiger partial charge in [0.15, 0.2) is 0 Å². The largest absolute Gasteiger partial charge is 0.490 e. The van der Waals surface area contributed by atoms with E-state index in [1.165, 1.54) is 12.8 Å². The van der Waals surface area contributed by atoms with Crippen LogP contribution in [0.4, 0.5) is 5.69 Å². The number of fused-ring (bicyclic) bond motifs is 2. The molecule has 8 heteroatoms. The van der Waals surface area contributed by atoms with Crippen LogP contribution in [0.3, 0.4) is 0 Å². The summed E-state index contributed by atoms with van der Waals surface area (Å²) in [4.78, 5) is 40.2. The van der Waals surface area contributed by atoms with Gasteiger partial charge in [-0.1, -0.05) is 31.0 Å². The van der Waals surface area contributed by atoms with Crippen LogP contribution >= 0.6 is 0 Å². The zero-order chi connectivity index (χ0) is 25.1. The molecule has 3 aliphatic rings. The molecule has 3 atom stereocenters. The minimum Gasteiger partial charge on any atom is -0.490 e. The van der Waals surface area contributed by atoms with Crippen LogP contribution in [-0.2, 0) is 9.53 Å². The lowest BCUT2D eigenvalue weighted by Gasteiger charge is -2.42. The number of likely N-dealkylation sites (N-methyl/N-ethyl adjacent to an activating group) is 1. The summed E-state index contributed by atoms with van der Waals surface area (Å²) in [6, 6.07) is 14.2. The van der Waals surface area contributed by atoms with Gasteiger partial charge in [0, 0.05) is 24.3 Å². The summed E-state index contributed by atoms with van der Waals surface area (Å²) in [5.74, 6) is 0.0630. The van der Waals surface area contributed by atoms with E-state index in [2.05, 4.69) is 10.6 Å². The van der Waals surface area contributed by atoms with E-state index in [1.807, 2.05) is 6.07 Å². The molecule has 1 saturated heterocycles. The van der Waals surface area contributed by atoms with E-state index in [4.69, 9.17) is 9.47 Å². The molecule has 0 radical (unpaired) electrons. The predicted molar refractivity (Wildman–Crippen MR) is 135 cm³/mol. The normalized spacial score (nSPS) is 24.1. The Hall–Kier alpha value is -3.39. The maximum atomic E-state index is 13.4. The van der Waals surface area contributed by atoms with Gasteiger partial charge in [-0.15, -0.1) is 0 Å². The molecule has 2 aliphatic heterocycles. The monoisotopic (exact) mass is 491 g/mol. The Morgan fingerprint density at radius 1 is 1.03 bits per heavy atom. The Labute approximate surface area is 211 Å². The highest BCUT2D eigenvalue weighted by molar-refractivity contribution is 6.05. The van der Waals surface area contributed by atoms with Gasteiger partial charge in [-0.2, -0.15) is 0 Å². The topological polar surface area (TPSA) is 97.0 Å². The van der Waals surface area contributed by atoms with Gasteiger partial charge < -0.3 is 25.0 Å². The summed E-state index contributed by atoms with van der Waals surface area (Å²) in [6.07, 6.45) is 5.73. The fourth-order valence-electron chi connectivity index (χ4n) is 5.46. The predicted octanol–water partition coefficient (Wildman–Crippen LogP) is 3.77. The first-order valence-corrected chi connectivity index (χ1v) is 12.8. The van der Waals surface area contributed by atoms with Gasteiger partial charge in [0.05, 0.1) is 24.1 Å². The van der Waals surface area contributed by atoms with Crippen molar-refractivity contribution < 1.29 is 23.9 Å². The number of hydrogen-bond acceptors (Lipinski definition) is 5. The molecule has 5 rings (SSSR count). The van der Waals surface area contributed by atoms with Gasteiger partial charge in [-0.05, 0) is 56.0 Å². The molecular weight excluding hydrogens is 458 g/mol. The average Bonchev–Trinajstić information content (AvgIpc) is 3.40. The molecule has 0 bridgehead atoms. The lowest BCUT2D eigenvalue weighted by Crippen LogP contribution is -2.54. The summed E-state index contributed by atoms with van der Waals surface area (Å²) in [7, 11) is 1.78. The van der Waals surface area contributed by atoms with E-state index < -0.39 is 0 Å². The van der Waals surface area contributed by atoms with E-state index in [0.29, 0.717) is 41.4 Å². The van der Waals surface area contributed by atoms with Crippen molar-refractivity contribution in [2.45, 2.75) is 69.2 Å². The highest BCUT2D eigenvalue weighted by Crippen LogP contribution is 2.32. The number of rotatable bonds is 5. The zero-order valence-electron chi connectivity index (χ0n) is 20.6. The van der Waals surface area contributed by atoms with Crippen molar-refractivity contribution in [3.63, 3.8) is 0 Å². The molecule has 1 aliphatic carbocycles. The van der Waals surface area contributed by atoms with Crippen LogP contribution in [0.2, 0.25) is 0 Å². The standard InChI is InChI=1S/C28H33N3O5/c1-31-23-13-12-21(16-26(32)29-19-9-5-6-10-19)36-25(23)17-35-24-14-11-20(15-22(24)28(31)34)30-27(33)18-7-3-2-4-8-18/h2-4,7-8,11,14-15,19,21,23,25H,5-6,9-10,12-13,16-17H2,1H3,(H,29,32)(H,30,33)/t21-,23+,25-/m1/s1. The van der Waals surface area contributed by atoms with E-state index in [0.717, 1.165) is 19.3 Å². The minimum atomic E-state index is -0.317. The first kappa shape index (κ1) is 24.3. The number of hydrogen-bond donors (Lipinski definition) is 2. The fraction of sp³-hybridized carbons (Fsp3) is 0.464. The lowest BCUT2D eigenvalue weighted by molar-refractivity contribution is -0.134. The molecule has 0 spiro atoms. The average molecular weight is 492 g/mol. The molecule has 36 heavy (non-hydrogen) atoms.